The topological polar surface area (TPSA) is 56.3 Å². The predicted molar refractivity (Wildman–Crippen MR) is 105 cm³/mol. The van der Waals surface area contributed by atoms with Crippen LogP contribution in [-0.4, -0.2) is 28.8 Å². The normalized spacial score (nSPS) is 31.1. The number of aryl methyl sites for hydroxylation is 1. The van der Waals surface area contributed by atoms with Crippen LogP contribution in [0, 0.1) is 17.7 Å². The third-order valence-corrected chi connectivity index (χ3v) is 7.91. The molecule has 1 saturated carbocycles. The molecule has 5 atom stereocenters. The van der Waals surface area contributed by atoms with Gasteiger partial charge in [-0.15, -0.1) is 11.3 Å². The number of ether oxygens (including phenoxy) is 1. The molecule has 2 aromatic rings. The number of hydrogen-bond donors (Lipinski definition) is 0. The summed E-state index contributed by atoms with van der Waals surface area (Å²) < 4.78 is 19.8. The van der Waals surface area contributed by atoms with Gasteiger partial charge >= 0.3 is 0 Å². The minimum Gasteiger partial charge on any atom is -0.373 e. The Hall–Kier alpha value is -1.34. The lowest BCUT2D eigenvalue weighted by molar-refractivity contribution is -0.127. The maximum absolute atomic E-state index is 14.0. The van der Waals surface area contributed by atoms with Crippen molar-refractivity contribution >= 4 is 46.1 Å². The SMILES string of the molecule is CCc1sc(-c2cc(F)c(Cl)cc2Cl)nc1C1C(=O)[C@@H]2[C@H](C1=O)[C@@H]1CC[C@H]2O1. The molecule has 1 aromatic carbocycles. The Kier molecular flexibility index (Phi) is 4.40. The third kappa shape index (κ3) is 2.54. The van der Waals surface area contributed by atoms with Gasteiger partial charge in [0.2, 0.25) is 0 Å². The van der Waals surface area contributed by atoms with Crippen molar-refractivity contribution < 1.29 is 18.7 Å². The molecule has 146 valence electrons. The van der Waals surface area contributed by atoms with E-state index in [-0.39, 0.29) is 45.7 Å². The van der Waals surface area contributed by atoms with Crippen molar-refractivity contribution in [2.45, 2.75) is 44.3 Å². The van der Waals surface area contributed by atoms with Gasteiger partial charge in [-0.05, 0) is 31.4 Å². The molecular weight excluding hydrogens is 424 g/mol. The molecule has 3 heterocycles. The van der Waals surface area contributed by atoms with Crippen molar-refractivity contribution in [2.24, 2.45) is 11.8 Å². The molecular formula is C20H16Cl2FNO3S. The maximum atomic E-state index is 14.0. The van der Waals surface area contributed by atoms with E-state index in [1.165, 1.54) is 23.5 Å². The minimum atomic E-state index is -0.849. The van der Waals surface area contributed by atoms with E-state index in [9.17, 15) is 14.0 Å². The van der Waals surface area contributed by atoms with E-state index in [2.05, 4.69) is 4.98 Å². The molecule has 0 N–H and O–H groups in total. The monoisotopic (exact) mass is 439 g/mol. The van der Waals surface area contributed by atoms with E-state index >= 15 is 0 Å². The van der Waals surface area contributed by atoms with Crippen molar-refractivity contribution in [3.8, 4) is 10.6 Å². The Morgan fingerprint density at radius 3 is 2.39 bits per heavy atom. The number of thiazole rings is 1. The average molecular weight is 440 g/mol. The van der Waals surface area contributed by atoms with Crippen LogP contribution in [-0.2, 0) is 20.7 Å². The number of nitrogens with zero attached hydrogens (tertiary/aromatic N) is 1. The summed E-state index contributed by atoms with van der Waals surface area (Å²) in [5.41, 5.74) is 0.911. The summed E-state index contributed by atoms with van der Waals surface area (Å²) in [5.74, 6) is -2.29. The molecule has 0 radical (unpaired) electrons. The largest absolute Gasteiger partial charge is 0.373 e. The molecule has 3 aliphatic rings. The van der Waals surface area contributed by atoms with Gasteiger partial charge in [-0.3, -0.25) is 9.59 Å². The van der Waals surface area contributed by atoms with Crippen molar-refractivity contribution in [1.82, 2.24) is 4.98 Å². The molecule has 5 rings (SSSR count). The van der Waals surface area contributed by atoms with Gasteiger partial charge in [-0.1, -0.05) is 30.1 Å². The molecule has 2 aliphatic heterocycles. The molecule has 2 bridgehead atoms. The number of carbonyl (C=O) groups is 2. The molecule has 28 heavy (non-hydrogen) atoms. The second-order valence-electron chi connectivity index (χ2n) is 7.51. The fraction of sp³-hybridized carbons (Fsp3) is 0.450. The molecule has 8 heteroatoms. The number of benzene rings is 1. The lowest BCUT2D eigenvalue weighted by Crippen LogP contribution is -2.29. The number of ketones is 2. The van der Waals surface area contributed by atoms with Crippen molar-refractivity contribution in [3.05, 3.63) is 38.6 Å². The standard InChI is InChI=1S/C20H16Cl2FNO3S/c1-2-13-17(24-20(28-13)7-5-10(23)9(22)6-8(7)21)16-18(25)14-11-3-4-12(27-11)15(14)19(16)26/h5-6,11-12,14-16H,2-4H2,1H3/t11-,12+,14+,15-,16?. The first kappa shape index (κ1) is 18.7. The smallest absolute Gasteiger partial charge is 0.155 e. The van der Waals surface area contributed by atoms with Gasteiger partial charge in [0.15, 0.2) is 11.6 Å². The number of hydrogen-bond acceptors (Lipinski definition) is 5. The Bertz CT molecular complexity index is 995. The van der Waals surface area contributed by atoms with Crippen LogP contribution in [0.3, 0.4) is 0 Å². The molecule has 2 saturated heterocycles. The van der Waals surface area contributed by atoms with Crippen LogP contribution in [0.4, 0.5) is 4.39 Å². The highest BCUT2D eigenvalue weighted by molar-refractivity contribution is 7.15. The lowest BCUT2D eigenvalue weighted by atomic mass is 9.81. The van der Waals surface area contributed by atoms with E-state index in [0.29, 0.717) is 22.7 Å². The molecule has 4 nitrogen and oxygen atoms in total. The first-order chi connectivity index (χ1) is 13.4. The second kappa shape index (κ2) is 6.59. The first-order valence-electron chi connectivity index (χ1n) is 9.28. The molecule has 1 unspecified atom stereocenters. The van der Waals surface area contributed by atoms with Crippen LogP contribution in [0.25, 0.3) is 10.6 Å². The molecule has 0 amide bonds. The Labute approximate surface area is 175 Å². The van der Waals surface area contributed by atoms with Crippen molar-refractivity contribution in [3.63, 3.8) is 0 Å². The van der Waals surface area contributed by atoms with Crippen LogP contribution in [0.2, 0.25) is 10.0 Å². The van der Waals surface area contributed by atoms with Gasteiger partial charge < -0.3 is 4.74 Å². The summed E-state index contributed by atoms with van der Waals surface area (Å²) in [6.07, 6.45) is 2.01. The van der Waals surface area contributed by atoms with Crippen LogP contribution in [0.5, 0.6) is 0 Å². The molecule has 1 aromatic heterocycles. The fourth-order valence-electron chi connectivity index (χ4n) is 4.84. The fourth-order valence-corrected chi connectivity index (χ4v) is 6.44. The minimum absolute atomic E-state index is 0.0642. The van der Waals surface area contributed by atoms with Crippen LogP contribution < -0.4 is 0 Å². The first-order valence-corrected chi connectivity index (χ1v) is 10.8. The Morgan fingerprint density at radius 1 is 1.14 bits per heavy atom. The van der Waals surface area contributed by atoms with Crippen LogP contribution in [0.1, 0.15) is 36.3 Å². The van der Waals surface area contributed by atoms with E-state index < -0.39 is 11.7 Å². The van der Waals surface area contributed by atoms with E-state index in [0.717, 1.165) is 17.7 Å². The quantitative estimate of drug-likeness (QED) is 0.506. The van der Waals surface area contributed by atoms with Gasteiger partial charge in [0.25, 0.3) is 0 Å². The number of rotatable bonds is 3. The number of aromatic nitrogens is 1. The summed E-state index contributed by atoms with van der Waals surface area (Å²) in [7, 11) is 0. The predicted octanol–water partition coefficient (Wildman–Crippen LogP) is 4.85. The maximum Gasteiger partial charge on any atom is 0.155 e. The van der Waals surface area contributed by atoms with Crippen LogP contribution in [0.15, 0.2) is 12.1 Å². The zero-order valence-electron chi connectivity index (χ0n) is 14.9. The number of carbonyl (C=O) groups excluding carboxylic acids is 2. The van der Waals surface area contributed by atoms with Gasteiger partial charge in [-0.25, -0.2) is 9.37 Å². The molecule has 3 fully saturated rings. The van der Waals surface area contributed by atoms with E-state index in [1.807, 2.05) is 6.92 Å². The average Bonchev–Trinajstić information content (AvgIpc) is 3.41. The Balaban J connectivity index is 1.58. The van der Waals surface area contributed by atoms with Gasteiger partial charge in [0, 0.05) is 10.4 Å². The van der Waals surface area contributed by atoms with Gasteiger partial charge in [0.05, 0.1) is 39.8 Å². The van der Waals surface area contributed by atoms with Crippen molar-refractivity contribution in [1.29, 1.82) is 0 Å². The van der Waals surface area contributed by atoms with E-state index in [1.54, 1.807) is 0 Å². The second-order valence-corrected chi connectivity index (χ2v) is 9.40. The highest BCUT2D eigenvalue weighted by atomic mass is 35.5. The zero-order chi connectivity index (χ0) is 19.7. The van der Waals surface area contributed by atoms with Gasteiger partial charge in [0.1, 0.15) is 16.7 Å². The summed E-state index contributed by atoms with van der Waals surface area (Å²) in [6, 6.07) is 2.58. The molecule has 0 spiro atoms. The highest BCUT2D eigenvalue weighted by Gasteiger charge is 2.63. The van der Waals surface area contributed by atoms with E-state index in [4.69, 9.17) is 27.9 Å². The van der Waals surface area contributed by atoms with Crippen molar-refractivity contribution in [2.75, 3.05) is 0 Å². The summed E-state index contributed by atoms with van der Waals surface area (Å²) in [5, 5.41) is 0.705. The third-order valence-electron chi connectivity index (χ3n) is 6.06. The summed E-state index contributed by atoms with van der Waals surface area (Å²) >= 11 is 13.4. The Morgan fingerprint density at radius 2 is 1.79 bits per heavy atom. The summed E-state index contributed by atoms with van der Waals surface area (Å²) in [6.45, 7) is 1.95. The zero-order valence-corrected chi connectivity index (χ0v) is 17.2. The van der Waals surface area contributed by atoms with Crippen LogP contribution >= 0.6 is 34.5 Å². The summed E-state index contributed by atoms with van der Waals surface area (Å²) in [4.78, 5) is 31.7. The van der Waals surface area contributed by atoms with Gasteiger partial charge in [-0.2, -0.15) is 0 Å². The molecule has 1 aliphatic carbocycles. The highest BCUT2D eigenvalue weighted by Crippen LogP contribution is 2.53. The number of Topliss-reactive ketones (excluding diaryl/α,β-unsaturated/α-hetero) is 2. The number of fused-ring (bicyclic) bond motifs is 5. The number of halogens is 3. The lowest BCUT2D eigenvalue weighted by Gasteiger charge is -2.16.